The van der Waals surface area contributed by atoms with Crippen LogP contribution in [0.4, 0.5) is 0 Å². The molecule has 2 atom stereocenters. The van der Waals surface area contributed by atoms with Gasteiger partial charge in [0, 0.05) is 13.6 Å². The second kappa shape index (κ2) is 14.2. The molecule has 0 saturated heterocycles. The molecule has 0 aromatic heterocycles. The van der Waals surface area contributed by atoms with Crippen molar-refractivity contribution in [2.24, 2.45) is 5.92 Å². The molecule has 4 amide bonds. The van der Waals surface area contributed by atoms with E-state index in [2.05, 4.69) is 16.0 Å². The summed E-state index contributed by atoms with van der Waals surface area (Å²) >= 11 is 0. The molecule has 0 radical (unpaired) electrons. The molecule has 2 aromatic carbocycles. The van der Waals surface area contributed by atoms with Gasteiger partial charge in [-0.2, -0.15) is 0 Å². The smallest absolute Gasteiger partial charge is 0.255 e. The van der Waals surface area contributed by atoms with Crippen molar-refractivity contribution < 1.29 is 23.9 Å². The van der Waals surface area contributed by atoms with Crippen molar-refractivity contribution in [1.82, 2.24) is 20.9 Å². The fourth-order valence-corrected chi connectivity index (χ4v) is 4.30. The molecule has 1 heterocycles. The molecule has 3 rings (SSSR count). The molecular weight excluding hydrogens is 484 g/mol. The fourth-order valence-electron chi connectivity index (χ4n) is 4.30. The molecule has 0 aliphatic carbocycles. The van der Waals surface area contributed by atoms with Crippen LogP contribution in [0.5, 0.6) is 5.75 Å². The summed E-state index contributed by atoms with van der Waals surface area (Å²) in [4.78, 5) is 53.9. The van der Waals surface area contributed by atoms with Crippen LogP contribution < -0.4 is 20.7 Å². The molecule has 0 spiro atoms. The van der Waals surface area contributed by atoms with E-state index in [1.807, 2.05) is 44.2 Å². The Morgan fingerprint density at radius 2 is 1.76 bits per heavy atom. The van der Waals surface area contributed by atoms with Gasteiger partial charge in [-0.15, -0.1) is 0 Å². The van der Waals surface area contributed by atoms with Gasteiger partial charge in [0.1, 0.15) is 24.4 Å². The largest absolute Gasteiger partial charge is 0.491 e. The second-order valence-electron chi connectivity index (χ2n) is 9.96. The van der Waals surface area contributed by atoms with Crippen molar-refractivity contribution in [3.63, 3.8) is 0 Å². The second-order valence-corrected chi connectivity index (χ2v) is 9.96. The minimum Gasteiger partial charge on any atom is -0.491 e. The van der Waals surface area contributed by atoms with Gasteiger partial charge in [0.05, 0.1) is 18.5 Å². The first-order valence-electron chi connectivity index (χ1n) is 13.1. The molecule has 0 saturated carbocycles. The van der Waals surface area contributed by atoms with Gasteiger partial charge in [-0.3, -0.25) is 19.2 Å². The maximum absolute atomic E-state index is 13.2. The fraction of sp³-hybridized carbons (Fsp3) is 0.448. The standard InChI is InChI=1S/C29H38N4O5/c1-20(2)18-24-29(37)33(3)16-17-38-25-14-8-7-13-22(25)27(35)32-23(19-26(34)31-24)28(36)30-15-9-12-21-10-5-4-6-11-21/h4-8,10-11,13-14,20,23-24H,9,12,15-19H2,1-3H3,(H,30,36)(H,31,34)(H,32,35)/t23-,24+/m0/s1. The minimum atomic E-state index is -1.12. The number of hydrogen-bond donors (Lipinski definition) is 3. The summed E-state index contributed by atoms with van der Waals surface area (Å²) in [5.41, 5.74) is 1.41. The minimum absolute atomic E-state index is 0.156. The predicted octanol–water partition coefficient (Wildman–Crippen LogP) is 2.31. The number of fused-ring (bicyclic) bond motifs is 1. The molecule has 1 aliphatic heterocycles. The van der Waals surface area contributed by atoms with Gasteiger partial charge in [-0.05, 0) is 42.9 Å². The third-order valence-electron chi connectivity index (χ3n) is 6.33. The third-order valence-corrected chi connectivity index (χ3v) is 6.33. The zero-order valence-corrected chi connectivity index (χ0v) is 22.4. The summed E-state index contributed by atoms with van der Waals surface area (Å²) in [5, 5.41) is 8.33. The first-order valence-corrected chi connectivity index (χ1v) is 13.1. The molecule has 0 bridgehead atoms. The van der Waals surface area contributed by atoms with E-state index in [9.17, 15) is 19.2 Å². The van der Waals surface area contributed by atoms with Crippen LogP contribution >= 0.6 is 0 Å². The Morgan fingerprint density at radius 3 is 2.50 bits per heavy atom. The molecule has 9 heteroatoms. The summed E-state index contributed by atoms with van der Waals surface area (Å²) < 4.78 is 5.83. The van der Waals surface area contributed by atoms with Gasteiger partial charge in [0.25, 0.3) is 5.91 Å². The van der Waals surface area contributed by atoms with Crippen molar-refractivity contribution >= 4 is 23.6 Å². The molecule has 2 aromatic rings. The number of rotatable bonds is 7. The van der Waals surface area contributed by atoms with Crippen LogP contribution in [0.25, 0.3) is 0 Å². The number of hydrogen-bond acceptors (Lipinski definition) is 5. The van der Waals surface area contributed by atoms with Crippen LogP contribution in [0.2, 0.25) is 0 Å². The first-order chi connectivity index (χ1) is 18.2. The van der Waals surface area contributed by atoms with E-state index in [-0.39, 0.29) is 37.0 Å². The zero-order chi connectivity index (χ0) is 27.5. The summed E-state index contributed by atoms with van der Waals surface area (Å²) in [6.07, 6.45) is 1.64. The molecule has 0 unspecified atom stereocenters. The third kappa shape index (κ3) is 8.61. The molecule has 9 nitrogen and oxygen atoms in total. The van der Waals surface area contributed by atoms with Crippen LogP contribution in [0.1, 0.15) is 49.0 Å². The summed E-state index contributed by atoms with van der Waals surface area (Å²) in [7, 11) is 1.65. The zero-order valence-electron chi connectivity index (χ0n) is 22.4. The number of benzene rings is 2. The van der Waals surface area contributed by atoms with Crippen molar-refractivity contribution in [3.05, 3.63) is 65.7 Å². The number of nitrogens with zero attached hydrogens (tertiary/aromatic N) is 1. The predicted molar refractivity (Wildman–Crippen MR) is 145 cm³/mol. The topological polar surface area (TPSA) is 117 Å². The summed E-state index contributed by atoms with van der Waals surface area (Å²) in [6, 6.07) is 14.8. The Kier molecular flexibility index (Phi) is 10.7. The monoisotopic (exact) mass is 522 g/mol. The molecule has 38 heavy (non-hydrogen) atoms. The quantitative estimate of drug-likeness (QED) is 0.483. The van der Waals surface area contributed by atoms with E-state index in [0.717, 1.165) is 12.0 Å². The van der Waals surface area contributed by atoms with E-state index in [1.54, 1.807) is 31.3 Å². The summed E-state index contributed by atoms with van der Waals surface area (Å²) in [5.74, 6) is -1.19. The van der Waals surface area contributed by atoms with Gasteiger partial charge in [-0.1, -0.05) is 56.3 Å². The molecule has 204 valence electrons. The number of amides is 4. The van der Waals surface area contributed by atoms with E-state index >= 15 is 0 Å². The number of aryl methyl sites for hydroxylation is 1. The number of likely N-dealkylation sites (N-methyl/N-ethyl adjacent to an activating group) is 1. The Hall–Kier alpha value is -3.88. The number of ether oxygens (including phenoxy) is 1. The Labute approximate surface area is 224 Å². The lowest BCUT2D eigenvalue weighted by Crippen LogP contribution is -2.53. The summed E-state index contributed by atoms with van der Waals surface area (Å²) in [6.45, 7) is 4.78. The maximum atomic E-state index is 13.2. The van der Waals surface area contributed by atoms with E-state index in [0.29, 0.717) is 25.1 Å². The van der Waals surface area contributed by atoms with Gasteiger partial charge >= 0.3 is 0 Å². The van der Waals surface area contributed by atoms with Crippen LogP contribution in [-0.2, 0) is 20.8 Å². The highest BCUT2D eigenvalue weighted by Crippen LogP contribution is 2.19. The number of carbonyl (C=O) groups excluding carboxylic acids is 4. The lowest BCUT2D eigenvalue weighted by atomic mass is 10.0. The Balaban J connectivity index is 1.77. The van der Waals surface area contributed by atoms with E-state index in [4.69, 9.17) is 4.74 Å². The molecule has 0 fully saturated rings. The number of para-hydroxylation sites is 1. The highest BCUT2D eigenvalue weighted by molar-refractivity contribution is 6.01. The van der Waals surface area contributed by atoms with Gasteiger partial charge in [0.2, 0.25) is 17.7 Å². The first kappa shape index (κ1) is 28.7. The molecular formula is C29H38N4O5. The molecule has 3 N–H and O–H groups in total. The van der Waals surface area contributed by atoms with Crippen LogP contribution in [0.3, 0.4) is 0 Å². The van der Waals surface area contributed by atoms with E-state index < -0.39 is 29.8 Å². The Bertz CT molecular complexity index is 1110. The highest BCUT2D eigenvalue weighted by atomic mass is 16.5. The number of nitrogens with one attached hydrogen (secondary N) is 3. The highest BCUT2D eigenvalue weighted by Gasteiger charge is 2.30. The van der Waals surface area contributed by atoms with Crippen LogP contribution in [-0.4, -0.2) is 67.4 Å². The molecule has 1 aliphatic rings. The number of carbonyl (C=O) groups is 4. The lowest BCUT2D eigenvalue weighted by molar-refractivity contribution is -0.136. The van der Waals surface area contributed by atoms with Gasteiger partial charge in [-0.25, -0.2) is 0 Å². The van der Waals surface area contributed by atoms with Gasteiger partial charge in [0.15, 0.2) is 0 Å². The van der Waals surface area contributed by atoms with E-state index in [1.165, 1.54) is 4.90 Å². The average Bonchev–Trinajstić information content (AvgIpc) is 2.89. The van der Waals surface area contributed by atoms with Crippen molar-refractivity contribution in [2.45, 2.75) is 51.6 Å². The van der Waals surface area contributed by atoms with Crippen molar-refractivity contribution in [2.75, 3.05) is 26.7 Å². The van der Waals surface area contributed by atoms with Crippen LogP contribution in [0.15, 0.2) is 54.6 Å². The lowest BCUT2D eigenvalue weighted by Gasteiger charge is -2.27. The maximum Gasteiger partial charge on any atom is 0.255 e. The average molecular weight is 523 g/mol. The van der Waals surface area contributed by atoms with Crippen LogP contribution in [0, 0.1) is 5.92 Å². The Morgan fingerprint density at radius 1 is 1.05 bits per heavy atom. The van der Waals surface area contributed by atoms with Crippen molar-refractivity contribution in [3.8, 4) is 5.75 Å². The SMILES string of the molecule is CC(C)C[C@H]1NC(=O)C[C@@H](C(=O)NCCCc2ccccc2)NC(=O)c2ccccc2OCCN(C)C1=O. The normalized spacial score (nSPS) is 19.1. The van der Waals surface area contributed by atoms with Gasteiger partial charge < -0.3 is 25.6 Å². The van der Waals surface area contributed by atoms with Crippen molar-refractivity contribution in [1.29, 1.82) is 0 Å².